The molecule has 35 heavy (non-hydrogen) atoms. The van der Waals surface area contributed by atoms with Crippen LogP contribution in [0, 0.1) is 5.92 Å². The van der Waals surface area contributed by atoms with Gasteiger partial charge in [0.05, 0.1) is 31.1 Å². The number of aliphatic hydroxyl groups is 1. The van der Waals surface area contributed by atoms with Crippen LogP contribution in [-0.2, 0) is 15.1 Å². The number of nitrogens with zero attached hydrogens (tertiary/aromatic N) is 6. The average Bonchev–Trinajstić information content (AvgIpc) is 3.49. The summed E-state index contributed by atoms with van der Waals surface area (Å²) in [6.07, 6.45) is 9.37. The van der Waals surface area contributed by atoms with Gasteiger partial charge in [-0.15, -0.1) is 0 Å². The highest BCUT2D eigenvalue weighted by Gasteiger charge is 2.30. The average molecular weight is 482 g/mol. The molecule has 0 bridgehead atoms. The fraction of sp³-hybridized carbons (Fsp3) is 0.542. The molecule has 1 amide bonds. The van der Waals surface area contributed by atoms with E-state index in [1.807, 2.05) is 10.7 Å². The summed E-state index contributed by atoms with van der Waals surface area (Å²) in [5.74, 6) is 0.493. The van der Waals surface area contributed by atoms with E-state index in [2.05, 4.69) is 20.4 Å². The summed E-state index contributed by atoms with van der Waals surface area (Å²) in [6, 6.07) is 2.00. The van der Waals surface area contributed by atoms with Gasteiger partial charge < -0.3 is 24.9 Å². The molecule has 2 aliphatic rings. The predicted molar refractivity (Wildman–Crippen MR) is 129 cm³/mol. The largest absolute Gasteiger partial charge is 0.384 e. The van der Waals surface area contributed by atoms with Gasteiger partial charge in [-0.05, 0) is 45.6 Å². The van der Waals surface area contributed by atoms with Crippen molar-refractivity contribution in [1.29, 1.82) is 0 Å². The Morgan fingerprint density at radius 1 is 1.23 bits per heavy atom. The molecule has 3 aromatic rings. The minimum Gasteiger partial charge on any atom is -0.384 e. The normalized spacial score (nSPS) is 21.3. The molecule has 11 heteroatoms. The van der Waals surface area contributed by atoms with Crippen LogP contribution in [-0.4, -0.2) is 68.0 Å². The second kappa shape index (κ2) is 9.38. The Hall–Kier alpha value is -3.31. The Bertz CT molecular complexity index is 1210. The molecule has 0 aromatic carbocycles. The van der Waals surface area contributed by atoms with E-state index in [-0.39, 0.29) is 17.9 Å². The number of morpholine rings is 1. The van der Waals surface area contributed by atoms with Gasteiger partial charge in [0, 0.05) is 31.4 Å². The summed E-state index contributed by atoms with van der Waals surface area (Å²) >= 11 is 0. The number of aldehydes is 1. The van der Waals surface area contributed by atoms with Crippen molar-refractivity contribution >= 4 is 29.3 Å². The van der Waals surface area contributed by atoms with Gasteiger partial charge in [0.25, 0.3) is 5.91 Å². The molecular formula is C24H31N7O4. The van der Waals surface area contributed by atoms with E-state index in [4.69, 9.17) is 9.72 Å². The zero-order valence-corrected chi connectivity index (χ0v) is 20.1. The summed E-state index contributed by atoms with van der Waals surface area (Å²) in [4.78, 5) is 31.3. The zero-order chi connectivity index (χ0) is 24.6. The third-order valence-corrected chi connectivity index (χ3v) is 6.80. The number of aromatic nitrogens is 5. The molecule has 186 valence electrons. The molecule has 1 saturated heterocycles. The van der Waals surface area contributed by atoms with E-state index >= 15 is 0 Å². The molecular weight excluding hydrogens is 450 g/mol. The van der Waals surface area contributed by atoms with Gasteiger partial charge in [-0.3, -0.25) is 9.48 Å². The van der Waals surface area contributed by atoms with Crippen LogP contribution in [0.4, 0.5) is 11.5 Å². The number of hydrogen-bond donors (Lipinski definition) is 2. The van der Waals surface area contributed by atoms with Crippen LogP contribution in [0.5, 0.6) is 0 Å². The van der Waals surface area contributed by atoms with Gasteiger partial charge in [-0.25, -0.2) is 9.50 Å². The third kappa shape index (κ3) is 4.78. The molecule has 4 heterocycles. The molecule has 11 nitrogen and oxygen atoms in total. The highest BCUT2D eigenvalue weighted by molar-refractivity contribution is 6.08. The number of ether oxygens (including phenoxy) is 1. The molecule has 1 saturated carbocycles. The van der Waals surface area contributed by atoms with Crippen LogP contribution < -0.4 is 10.2 Å². The van der Waals surface area contributed by atoms with Crippen LogP contribution in [0.1, 0.15) is 61.6 Å². The first-order valence-electron chi connectivity index (χ1n) is 12.1. The lowest BCUT2D eigenvalue weighted by molar-refractivity contribution is -0.112. The van der Waals surface area contributed by atoms with E-state index < -0.39 is 5.60 Å². The number of fused-ring (bicyclic) bond motifs is 1. The summed E-state index contributed by atoms with van der Waals surface area (Å²) < 4.78 is 8.81. The van der Waals surface area contributed by atoms with Gasteiger partial charge in [0.2, 0.25) is 0 Å². The second-order valence-electron chi connectivity index (χ2n) is 9.80. The lowest BCUT2D eigenvalue weighted by atomic mass is 9.87. The first kappa shape index (κ1) is 23.4. The summed E-state index contributed by atoms with van der Waals surface area (Å²) in [5, 5.41) is 22.6. The molecule has 3 aromatic heterocycles. The van der Waals surface area contributed by atoms with Crippen molar-refractivity contribution in [3.63, 3.8) is 0 Å². The molecule has 2 fully saturated rings. The molecule has 5 rings (SSSR count). The monoisotopic (exact) mass is 481 g/mol. The summed E-state index contributed by atoms with van der Waals surface area (Å²) in [5.41, 5.74) is 0.374. The number of anilines is 2. The van der Waals surface area contributed by atoms with Gasteiger partial charge in [0.15, 0.2) is 5.65 Å². The SMILES string of the molecule is CC(C)(O)c1nn([C@H]2CC[C@H](C=O)CC2)cc1NC(=O)c1cnn2ccc(N3CCOCC3)nc12. The van der Waals surface area contributed by atoms with Gasteiger partial charge in [-0.1, -0.05) is 0 Å². The Morgan fingerprint density at radius 2 is 1.97 bits per heavy atom. The van der Waals surface area contributed by atoms with Crippen molar-refractivity contribution in [2.45, 2.75) is 51.2 Å². The quantitative estimate of drug-likeness (QED) is 0.513. The predicted octanol–water partition coefficient (Wildman–Crippen LogP) is 2.17. The molecule has 2 N–H and O–H groups in total. The molecule has 1 aliphatic heterocycles. The molecule has 0 radical (unpaired) electrons. The van der Waals surface area contributed by atoms with Gasteiger partial charge in [0.1, 0.15) is 29.0 Å². The number of rotatable bonds is 6. The Balaban J connectivity index is 1.41. The minimum absolute atomic E-state index is 0.0974. The maximum atomic E-state index is 13.3. The fourth-order valence-electron chi connectivity index (χ4n) is 4.80. The number of amides is 1. The van der Waals surface area contributed by atoms with Crippen LogP contribution in [0.2, 0.25) is 0 Å². The molecule has 0 spiro atoms. The molecule has 1 aliphatic carbocycles. The van der Waals surface area contributed by atoms with E-state index in [9.17, 15) is 14.7 Å². The van der Waals surface area contributed by atoms with Gasteiger partial charge >= 0.3 is 0 Å². The maximum Gasteiger partial charge on any atom is 0.261 e. The van der Waals surface area contributed by atoms with Crippen LogP contribution in [0.15, 0.2) is 24.7 Å². The van der Waals surface area contributed by atoms with E-state index in [0.717, 1.165) is 50.9 Å². The smallest absolute Gasteiger partial charge is 0.261 e. The summed E-state index contributed by atoms with van der Waals surface area (Å²) in [6.45, 7) is 6.04. The topological polar surface area (TPSA) is 127 Å². The van der Waals surface area contributed by atoms with Crippen LogP contribution in [0.3, 0.4) is 0 Å². The fourth-order valence-corrected chi connectivity index (χ4v) is 4.80. The van der Waals surface area contributed by atoms with Crippen LogP contribution >= 0.6 is 0 Å². The minimum atomic E-state index is -1.25. The van der Waals surface area contributed by atoms with Crippen molar-refractivity contribution in [3.8, 4) is 0 Å². The highest BCUT2D eigenvalue weighted by atomic mass is 16.5. The van der Waals surface area contributed by atoms with Crippen molar-refractivity contribution in [1.82, 2.24) is 24.4 Å². The Labute approximate surface area is 203 Å². The molecule has 0 atom stereocenters. The van der Waals surface area contributed by atoms with E-state index in [0.29, 0.717) is 35.8 Å². The van der Waals surface area contributed by atoms with E-state index in [1.165, 1.54) is 6.20 Å². The third-order valence-electron chi connectivity index (χ3n) is 6.80. The first-order chi connectivity index (χ1) is 16.8. The first-order valence-corrected chi connectivity index (χ1v) is 12.1. The van der Waals surface area contributed by atoms with Gasteiger partial charge in [-0.2, -0.15) is 10.2 Å². The highest BCUT2D eigenvalue weighted by Crippen LogP contribution is 2.34. The maximum absolute atomic E-state index is 13.3. The number of hydrogen-bond acceptors (Lipinski definition) is 8. The Morgan fingerprint density at radius 3 is 2.66 bits per heavy atom. The van der Waals surface area contributed by atoms with Crippen LogP contribution in [0.25, 0.3) is 5.65 Å². The second-order valence-corrected chi connectivity index (χ2v) is 9.80. The lowest BCUT2D eigenvalue weighted by Crippen LogP contribution is -2.36. The van der Waals surface area contributed by atoms with Crippen molar-refractivity contribution in [2.75, 3.05) is 36.5 Å². The number of carbonyl (C=O) groups is 2. The summed E-state index contributed by atoms with van der Waals surface area (Å²) in [7, 11) is 0. The lowest BCUT2D eigenvalue weighted by Gasteiger charge is -2.27. The Kier molecular flexibility index (Phi) is 6.28. The zero-order valence-electron chi connectivity index (χ0n) is 20.1. The van der Waals surface area contributed by atoms with Crippen molar-refractivity contribution in [3.05, 3.63) is 35.9 Å². The van der Waals surface area contributed by atoms with E-state index in [1.54, 1.807) is 30.8 Å². The standard InChI is InChI=1S/C24H31N7O4/c1-24(2,34)21-19(14-31(28-21)17-5-3-16(15-32)4-6-17)26-23(33)18-13-25-30-8-7-20(27-22(18)30)29-9-11-35-12-10-29/h7-8,13-17,34H,3-6,9-12H2,1-2H3,(H,26,33)/t16-,17-. The molecule has 0 unspecified atom stereocenters. The number of nitrogens with one attached hydrogen (secondary N) is 1. The van der Waals surface area contributed by atoms with Crippen molar-refractivity contribution in [2.24, 2.45) is 5.92 Å². The van der Waals surface area contributed by atoms with Crippen molar-refractivity contribution < 1.29 is 19.4 Å². The number of carbonyl (C=O) groups excluding carboxylic acids is 2.